The van der Waals surface area contributed by atoms with Crippen molar-refractivity contribution < 1.29 is 24.5 Å². The quantitative estimate of drug-likeness (QED) is 0.692. The van der Waals surface area contributed by atoms with Crippen LogP contribution in [-0.4, -0.2) is 30.4 Å². The molecule has 0 saturated heterocycles. The van der Waals surface area contributed by atoms with Crippen molar-refractivity contribution in [2.75, 3.05) is 14.2 Å². The number of carboxylic acids is 1. The first-order valence-corrected chi connectivity index (χ1v) is 4.44. The Balaban J connectivity index is 3.26. The van der Waals surface area contributed by atoms with Crippen LogP contribution in [0.15, 0.2) is 12.1 Å². The van der Waals surface area contributed by atoms with Gasteiger partial charge < -0.3 is 25.4 Å². The van der Waals surface area contributed by atoms with E-state index in [4.69, 9.17) is 20.3 Å². The summed E-state index contributed by atoms with van der Waals surface area (Å²) < 4.78 is 9.92. The van der Waals surface area contributed by atoms with Gasteiger partial charge in [-0.3, -0.25) is 4.79 Å². The zero-order valence-corrected chi connectivity index (χ0v) is 8.93. The number of ether oxygens (including phenoxy) is 2. The van der Waals surface area contributed by atoms with Gasteiger partial charge in [-0.05, 0) is 6.07 Å². The summed E-state index contributed by atoms with van der Waals surface area (Å²) in [5.41, 5.74) is 5.47. The molecule has 0 fully saturated rings. The molecule has 0 aromatic heterocycles. The molecule has 6 nitrogen and oxygen atoms in total. The number of aromatic hydroxyl groups is 1. The van der Waals surface area contributed by atoms with Crippen molar-refractivity contribution in [3.63, 3.8) is 0 Å². The molecular formula is C10H13NO5. The Morgan fingerprint density at radius 2 is 1.81 bits per heavy atom. The van der Waals surface area contributed by atoms with E-state index in [9.17, 15) is 9.90 Å². The average Bonchev–Trinajstić information content (AvgIpc) is 2.27. The van der Waals surface area contributed by atoms with Crippen molar-refractivity contribution in [1.29, 1.82) is 0 Å². The number of phenols is 1. The summed E-state index contributed by atoms with van der Waals surface area (Å²) in [7, 11) is 2.82. The summed E-state index contributed by atoms with van der Waals surface area (Å²) in [4.78, 5) is 10.7. The maximum atomic E-state index is 10.7. The van der Waals surface area contributed by atoms with Gasteiger partial charge in [0.15, 0.2) is 11.5 Å². The lowest BCUT2D eigenvalue weighted by Gasteiger charge is -2.13. The number of aliphatic carboxylic acids is 1. The first-order valence-electron chi connectivity index (χ1n) is 4.44. The van der Waals surface area contributed by atoms with Gasteiger partial charge in [0.05, 0.1) is 14.2 Å². The molecule has 1 atom stereocenters. The van der Waals surface area contributed by atoms with Gasteiger partial charge in [-0.25, -0.2) is 0 Å². The first-order chi connectivity index (χ1) is 7.51. The van der Waals surface area contributed by atoms with E-state index >= 15 is 0 Å². The van der Waals surface area contributed by atoms with Gasteiger partial charge in [-0.15, -0.1) is 0 Å². The SMILES string of the molecule is COc1cc(O)c(C(N)C(=O)O)cc1OC. The number of hydrogen-bond acceptors (Lipinski definition) is 5. The fourth-order valence-electron chi connectivity index (χ4n) is 1.27. The number of rotatable bonds is 4. The fraction of sp³-hybridized carbons (Fsp3) is 0.300. The predicted octanol–water partition coefficient (Wildman–Crippen LogP) is 0.494. The molecule has 0 amide bonds. The second-order valence-corrected chi connectivity index (χ2v) is 3.08. The molecule has 0 heterocycles. The normalized spacial score (nSPS) is 11.9. The van der Waals surface area contributed by atoms with Gasteiger partial charge in [0.25, 0.3) is 0 Å². The maximum absolute atomic E-state index is 10.7. The number of methoxy groups -OCH3 is 2. The monoisotopic (exact) mass is 227 g/mol. The molecule has 1 aromatic rings. The van der Waals surface area contributed by atoms with Crippen LogP contribution in [-0.2, 0) is 4.79 Å². The molecule has 0 aliphatic carbocycles. The largest absolute Gasteiger partial charge is 0.507 e. The van der Waals surface area contributed by atoms with Gasteiger partial charge >= 0.3 is 5.97 Å². The lowest BCUT2D eigenvalue weighted by Crippen LogP contribution is -2.20. The first kappa shape index (κ1) is 12.1. The number of phenolic OH excluding ortho intramolecular Hbond substituents is 1. The van der Waals surface area contributed by atoms with Crippen molar-refractivity contribution in [2.24, 2.45) is 5.73 Å². The third-order valence-corrected chi connectivity index (χ3v) is 2.13. The Morgan fingerprint density at radius 1 is 1.31 bits per heavy atom. The van der Waals surface area contributed by atoms with Crippen molar-refractivity contribution in [3.8, 4) is 17.2 Å². The summed E-state index contributed by atoms with van der Waals surface area (Å²) in [6, 6.07) is 1.30. The van der Waals surface area contributed by atoms with Crippen LogP contribution < -0.4 is 15.2 Å². The number of nitrogens with two attached hydrogens (primary N) is 1. The van der Waals surface area contributed by atoms with E-state index < -0.39 is 12.0 Å². The smallest absolute Gasteiger partial charge is 0.325 e. The van der Waals surface area contributed by atoms with Crippen LogP contribution in [0.25, 0.3) is 0 Å². The molecule has 6 heteroatoms. The van der Waals surface area contributed by atoms with E-state index in [0.29, 0.717) is 11.5 Å². The second kappa shape index (κ2) is 4.71. The lowest BCUT2D eigenvalue weighted by atomic mass is 10.1. The standard InChI is InChI=1S/C10H13NO5/c1-15-7-3-5(9(11)10(13)14)6(12)4-8(7)16-2/h3-4,9,12H,11H2,1-2H3,(H,13,14). The summed E-state index contributed by atoms with van der Waals surface area (Å²) in [5.74, 6) is -0.858. The van der Waals surface area contributed by atoms with Crippen LogP contribution in [0, 0.1) is 0 Å². The summed E-state index contributed by atoms with van der Waals surface area (Å²) in [6.45, 7) is 0. The van der Waals surface area contributed by atoms with E-state index in [1.54, 1.807) is 0 Å². The highest BCUT2D eigenvalue weighted by Crippen LogP contribution is 2.36. The Kier molecular flexibility index (Phi) is 3.57. The minimum Gasteiger partial charge on any atom is -0.507 e. The lowest BCUT2D eigenvalue weighted by molar-refractivity contribution is -0.138. The van der Waals surface area contributed by atoms with Crippen LogP contribution in [0.3, 0.4) is 0 Å². The van der Waals surface area contributed by atoms with E-state index in [-0.39, 0.29) is 11.3 Å². The number of hydrogen-bond donors (Lipinski definition) is 3. The molecule has 88 valence electrons. The number of carbonyl (C=O) groups is 1. The maximum Gasteiger partial charge on any atom is 0.325 e. The molecule has 0 saturated carbocycles. The Bertz CT molecular complexity index is 404. The summed E-state index contributed by atoms with van der Waals surface area (Å²) >= 11 is 0. The van der Waals surface area contributed by atoms with Gasteiger partial charge in [-0.1, -0.05) is 0 Å². The molecule has 1 aromatic carbocycles. The summed E-state index contributed by atoms with van der Waals surface area (Å²) in [5, 5.41) is 18.3. The molecule has 16 heavy (non-hydrogen) atoms. The molecule has 4 N–H and O–H groups in total. The van der Waals surface area contributed by atoms with Crippen LogP contribution in [0.1, 0.15) is 11.6 Å². The van der Waals surface area contributed by atoms with Gasteiger partial charge in [0, 0.05) is 11.6 Å². The number of carboxylic acid groups (broad SMARTS) is 1. The van der Waals surface area contributed by atoms with Crippen LogP contribution >= 0.6 is 0 Å². The average molecular weight is 227 g/mol. The minimum atomic E-state index is -1.31. The van der Waals surface area contributed by atoms with Crippen LogP contribution in [0.4, 0.5) is 0 Å². The molecule has 0 bridgehead atoms. The fourth-order valence-corrected chi connectivity index (χ4v) is 1.27. The third kappa shape index (κ3) is 2.17. The van der Waals surface area contributed by atoms with Gasteiger partial charge in [0.1, 0.15) is 11.8 Å². The van der Waals surface area contributed by atoms with Crippen molar-refractivity contribution >= 4 is 5.97 Å². The minimum absolute atomic E-state index is 0.0742. The van der Waals surface area contributed by atoms with Crippen LogP contribution in [0.2, 0.25) is 0 Å². The highest BCUT2D eigenvalue weighted by atomic mass is 16.5. The van der Waals surface area contributed by atoms with Crippen molar-refractivity contribution in [1.82, 2.24) is 0 Å². The molecule has 0 aliphatic rings. The van der Waals surface area contributed by atoms with E-state index in [1.165, 1.54) is 26.4 Å². The Labute approximate surface area is 92.2 Å². The van der Waals surface area contributed by atoms with Crippen molar-refractivity contribution in [2.45, 2.75) is 6.04 Å². The molecule has 0 radical (unpaired) electrons. The number of benzene rings is 1. The topological polar surface area (TPSA) is 102 Å². The molecule has 1 rings (SSSR count). The zero-order valence-electron chi connectivity index (χ0n) is 8.93. The summed E-state index contributed by atoms with van der Waals surface area (Å²) in [6.07, 6.45) is 0. The zero-order chi connectivity index (χ0) is 12.3. The molecule has 0 spiro atoms. The molecule has 0 aliphatic heterocycles. The van der Waals surface area contributed by atoms with E-state index in [1.807, 2.05) is 0 Å². The van der Waals surface area contributed by atoms with Gasteiger partial charge in [0.2, 0.25) is 0 Å². The van der Waals surface area contributed by atoms with E-state index in [0.717, 1.165) is 0 Å². The van der Waals surface area contributed by atoms with Crippen molar-refractivity contribution in [3.05, 3.63) is 17.7 Å². The Hall–Kier alpha value is -1.95. The molecular weight excluding hydrogens is 214 g/mol. The Morgan fingerprint density at radius 3 is 2.25 bits per heavy atom. The van der Waals surface area contributed by atoms with Gasteiger partial charge in [-0.2, -0.15) is 0 Å². The van der Waals surface area contributed by atoms with E-state index in [2.05, 4.69) is 0 Å². The highest BCUT2D eigenvalue weighted by Gasteiger charge is 2.21. The molecule has 1 unspecified atom stereocenters. The highest BCUT2D eigenvalue weighted by molar-refractivity contribution is 5.77. The van der Waals surface area contributed by atoms with Crippen LogP contribution in [0.5, 0.6) is 17.2 Å². The predicted molar refractivity (Wildman–Crippen MR) is 55.8 cm³/mol. The second-order valence-electron chi connectivity index (χ2n) is 3.08. The third-order valence-electron chi connectivity index (χ3n) is 2.13.